The molecule has 0 radical (unpaired) electrons. The van der Waals surface area contributed by atoms with Gasteiger partial charge in [-0.25, -0.2) is 0 Å². The molecule has 0 aliphatic heterocycles. The third-order valence-corrected chi connectivity index (χ3v) is 0. The molecule has 0 saturated carbocycles. The number of hydrogen-bond donors (Lipinski definition) is 0. The molecular weight excluding hydrogens is 313 g/mol. The van der Waals surface area contributed by atoms with Gasteiger partial charge in [-0.05, 0) is 0 Å². The zero-order valence-corrected chi connectivity index (χ0v) is 6.61. The summed E-state index contributed by atoms with van der Waals surface area (Å²) in [5.74, 6) is 0. The summed E-state index contributed by atoms with van der Waals surface area (Å²) in [5, 5.41) is 0. The number of hydrogen-bond acceptors (Lipinski definition) is 1. The molecule has 0 aliphatic carbocycles. The van der Waals surface area contributed by atoms with E-state index in [0.717, 1.165) is 0 Å². The summed E-state index contributed by atoms with van der Waals surface area (Å²) in [6, 6.07) is 0. The van der Waals surface area contributed by atoms with E-state index in [4.69, 9.17) is 3.83 Å². The van der Waals surface area contributed by atoms with Crippen LogP contribution in [-0.4, -0.2) is 0 Å². The summed E-state index contributed by atoms with van der Waals surface area (Å²) in [6.07, 6.45) is 0. The van der Waals surface area contributed by atoms with Gasteiger partial charge in [-0.2, -0.15) is 0 Å². The molecule has 0 fully saturated rings. The Kier molecular flexibility index (Phi) is 109. The van der Waals surface area contributed by atoms with Crippen molar-refractivity contribution in [3.05, 3.63) is 0 Å². The third kappa shape index (κ3) is 9.72. The van der Waals surface area contributed by atoms with Gasteiger partial charge < -0.3 is 0 Å². The van der Waals surface area contributed by atoms with Crippen LogP contribution in [0.4, 0.5) is 0 Å². The van der Waals surface area contributed by atoms with Gasteiger partial charge in [-0.3, -0.25) is 0 Å². The average Bonchev–Trinajstić information content (AvgIpc) is 1.00. The molecule has 0 spiro atoms. The molecule has 0 aromatic heterocycles. The Bertz CT molecular complexity index is 8.00. The van der Waals surface area contributed by atoms with Gasteiger partial charge in [0.25, 0.3) is 0 Å². The van der Waals surface area contributed by atoms with Crippen LogP contribution in [-0.2, 0) is 57.3 Å². The van der Waals surface area contributed by atoms with Crippen LogP contribution in [0.15, 0.2) is 0 Å². The molecule has 0 N–H and O–H groups in total. The maximum Gasteiger partial charge on any atom is 0 e. The standard InChI is InChI=1S/Mn.Ni.O.W. The van der Waals surface area contributed by atoms with Crippen molar-refractivity contribution in [3.8, 4) is 0 Å². The molecule has 0 amide bonds. The molecule has 4 heavy (non-hydrogen) atoms. The smallest absolute Gasteiger partial charge is 0 e. The van der Waals surface area contributed by atoms with E-state index in [0.29, 0.717) is 0 Å². The molecule has 0 rings (SSSR count). The van der Waals surface area contributed by atoms with E-state index in [-0.39, 0.29) is 37.6 Å². The minimum atomic E-state index is 0. The van der Waals surface area contributed by atoms with E-state index >= 15 is 0 Å². The zero-order chi connectivity index (χ0) is 2.00. The molecule has 0 heterocycles. The first kappa shape index (κ1) is 17.8. The van der Waals surface area contributed by atoms with E-state index in [2.05, 4.69) is 0 Å². The van der Waals surface area contributed by atoms with Crippen LogP contribution in [0.1, 0.15) is 0 Å². The largest absolute Gasteiger partial charge is 0 e. The second kappa shape index (κ2) is 24.5. The average molecular weight is 313 g/mol. The van der Waals surface area contributed by atoms with Crippen LogP contribution in [0, 0.1) is 0 Å². The summed E-state index contributed by atoms with van der Waals surface area (Å²) in [7, 11) is 0. The zero-order valence-electron chi connectivity index (χ0n) is 1.51. The fourth-order valence-corrected chi connectivity index (χ4v) is 0. The molecule has 0 atom stereocenters. The van der Waals surface area contributed by atoms with Crippen molar-refractivity contribution in [2.75, 3.05) is 0 Å². The van der Waals surface area contributed by atoms with E-state index in [9.17, 15) is 0 Å². The van der Waals surface area contributed by atoms with E-state index in [1.54, 1.807) is 15.9 Å². The van der Waals surface area contributed by atoms with Crippen LogP contribution in [0.25, 0.3) is 0 Å². The summed E-state index contributed by atoms with van der Waals surface area (Å²) in [6.45, 7) is 0. The molecule has 0 saturated heterocycles. The van der Waals surface area contributed by atoms with Crippen molar-refractivity contribution >= 4 is 0 Å². The van der Waals surface area contributed by atoms with Gasteiger partial charge in [0.2, 0.25) is 0 Å². The van der Waals surface area contributed by atoms with Crippen molar-refractivity contribution in [3.63, 3.8) is 0 Å². The van der Waals surface area contributed by atoms with Crippen LogP contribution in [0.5, 0.6) is 0 Å². The second-order valence-corrected chi connectivity index (χ2v) is 0. The second-order valence-electron chi connectivity index (χ2n) is 0. The van der Waals surface area contributed by atoms with E-state index in [1.165, 1.54) is 0 Å². The molecule has 0 unspecified atom stereocenters. The predicted octanol–water partition coefficient (Wildman–Crippen LogP) is -0.126. The van der Waals surface area contributed by atoms with Crippen molar-refractivity contribution in [2.24, 2.45) is 0 Å². The van der Waals surface area contributed by atoms with Gasteiger partial charge >= 0.3 is 19.8 Å². The van der Waals surface area contributed by atoms with Crippen molar-refractivity contribution < 1.29 is 57.3 Å². The molecule has 0 aromatic rings. The first-order valence-electron chi connectivity index (χ1n) is 0.154. The fourth-order valence-electron chi connectivity index (χ4n) is 0. The fraction of sp³-hybridized carbons (Fsp3) is 0. The summed E-state index contributed by atoms with van der Waals surface area (Å²) >= 11 is 1.69. The molecule has 0 aromatic carbocycles. The van der Waals surface area contributed by atoms with E-state index < -0.39 is 0 Å². The van der Waals surface area contributed by atoms with Gasteiger partial charge in [0.1, 0.15) is 0 Å². The number of rotatable bonds is 0. The van der Waals surface area contributed by atoms with Crippen LogP contribution < -0.4 is 0 Å². The van der Waals surface area contributed by atoms with Crippen LogP contribution >= 0.6 is 0 Å². The molecular formula is MnNiOW. The Hall–Kier alpha value is 1.50. The Morgan fingerprint density at radius 3 is 1.25 bits per heavy atom. The van der Waals surface area contributed by atoms with Crippen molar-refractivity contribution in [1.29, 1.82) is 0 Å². The van der Waals surface area contributed by atoms with Gasteiger partial charge in [-0.15, -0.1) is 0 Å². The monoisotopic (exact) mass is 313 g/mol. The first-order valence-corrected chi connectivity index (χ1v) is 0.636. The SMILES string of the molecule is [Ni].[O]=[Mn].[W]. The Labute approximate surface area is 57.1 Å². The van der Waals surface area contributed by atoms with Crippen LogP contribution in [0.2, 0.25) is 0 Å². The summed E-state index contributed by atoms with van der Waals surface area (Å²) < 4.78 is 8.06. The van der Waals surface area contributed by atoms with Crippen molar-refractivity contribution in [1.82, 2.24) is 0 Å². The summed E-state index contributed by atoms with van der Waals surface area (Å²) in [5.41, 5.74) is 0. The maximum atomic E-state index is 8.06. The summed E-state index contributed by atoms with van der Waals surface area (Å²) in [4.78, 5) is 0. The Morgan fingerprint density at radius 2 is 1.25 bits per heavy atom. The minimum absolute atomic E-state index is 0. The van der Waals surface area contributed by atoms with Gasteiger partial charge in [0.15, 0.2) is 0 Å². The minimum Gasteiger partial charge on any atom is 0 e. The van der Waals surface area contributed by atoms with Gasteiger partial charge in [-0.1, -0.05) is 0 Å². The normalized spacial score (nSPS) is 1.00. The first-order chi connectivity index (χ1) is 1.00. The Morgan fingerprint density at radius 1 is 1.25 bits per heavy atom. The molecule has 4 heteroatoms. The van der Waals surface area contributed by atoms with Gasteiger partial charge in [0, 0.05) is 37.6 Å². The predicted molar refractivity (Wildman–Crippen MR) is 0.686 cm³/mol. The quantitative estimate of drug-likeness (QED) is 0.570. The Balaban J connectivity index is -0.00000000500. The third-order valence-electron chi connectivity index (χ3n) is 0. The van der Waals surface area contributed by atoms with Gasteiger partial charge in [0.05, 0.1) is 0 Å². The van der Waals surface area contributed by atoms with Crippen molar-refractivity contribution in [2.45, 2.75) is 0 Å². The maximum absolute atomic E-state index is 8.06. The molecule has 0 bridgehead atoms. The molecule has 0 aliphatic rings. The molecule has 1 nitrogen and oxygen atoms in total. The molecule has 29 valence electrons. The topological polar surface area (TPSA) is 17.1 Å². The van der Waals surface area contributed by atoms with Crippen LogP contribution in [0.3, 0.4) is 0 Å². The van der Waals surface area contributed by atoms with E-state index in [1.807, 2.05) is 0 Å².